The van der Waals surface area contributed by atoms with Crippen molar-refractivity contribution in [3.63, 3.8) is 0 Å². The van der Waals surface area contributed by atoms with Gasteiger partial charge in [-0.2, -0.15) is 0 Å². The van der Waals surface area contributed by atoms with E-state index in [0.717, 1.165) is 13.0 Å². The predicted molar refractivity (Wildman–Crippen MR) is 38.3 cm³/mol. The summed E-state index contributed by atoms with van der Waals surface area (Å²) >= 11 is 0. The summed E-state index contributed by atoms with van der Waals surface area (Å²) in [5, 5.41) is 3.21. The fourth-order valence-electron chi connectivity index (χ4n) is 0.610. The number of hydrogen-bond donors (Lipinski definition) is 1. The van der Waals surface area contributed by atoms with Crippen molar-refractivity contribution in [2.75, 3.05) is 13.2 Å². The molecule has 0 aliphatic carbocycles. The van der Waals surface area contributed by atoms with Crippen LogP contribution in [0.1, 0.15) is 26.7 Å². The maximum atomic E-state index is 11.5. The Morgan fingerprint density at radius 3 is 2.44 bits per heavy atom. The first-order valence-electron chi connectivity index (χ1n) is 3.56. The summed E-state index contributed by atoms with van der Waals surface area (Å²) in [6, 6.07) is 0.532. The maximum absolute atomic E-state index is 11.5. The van der Waals surface area contributed by atoms with E-state index in [2.05, 4.69) is 19.2 Å². The van der Waals surface area contributed by atoms with Gasteiger partial charge in [0.15, 0.2) is 0 Å². The molecule has 0 radical (unpaired) electrons. The fraction of sp³-hybridized carbons (Fsp3) is 1.00. The van der Waals surface area contributed by atoms with Crippen LogP contribution in [0, 0.1) is 0 Å². The van der Waals surface area contributed by atoms with Crippen LogP contribution in [-0.2, 0) is 0 Å². The van der Waals surface area contributed by atoms with Gasteiger partial charge in [0.05, 0.1) is 6.67 Å². The summed E-state index contributed by atoms with van der Waals surface area (Å²) < 4.78 is 11.5. The number of nitrogens with one attached hydrogen (secondary N) is 1. The Hall–Kier alpha value is -0.110. The van der Waals surface area contributed by atoms with Gasteiger partial charge in [-0.15, -0.1) is 0 Å². The molecule has 0 aromatic carbocycles. The van der Waals surface area contributed by atoms with Gasteiger partial charge in [-0.1, -0.05) is 13.8 Å². The van der Waals surface area contributed by atoms with E-state index in [1.165, 1.54) is 0 Å². The van der Waals surface area contributed by atoms with Gasteiger partial charge in [0, 0.05) is 6.04 Å². The second kappa shape index (κ2) is 6.02. The Morgan fingerprint density at radius 2 is 2.00 bits per heavy atom. The first-order valence-corrected chi connectivity index (χ1v) is 3.56. The van der Waals surface area contributed by atoms with Crippen molar-refractivity contribution in [3.05, 3.63) is 0 Å². The van der Waals surface area contributed by atoms with Crippen molar-refractivity contribution >= 4 is 0 Å². The molecular weight excluding hydrogens is 117 g/mol. The Morgan fingerprint density at radius 1 is 1.33 bits per heavy atom. The van der Waals surface area contributed by atoms with Crippen molar-refractivity contribution < 1.29 is 4.39 Å². The largest absolute Gasteiger partial charge is 0.315 e. The van der Waals surface area contributed by atoms with E-state index in [1.54, 1.807) is 0 Å². The van der Waals surface area contributed by atoms with E-state index < -0.39 is 0 Å². The third-order valence-corrected chi connectivity index (χ3v) is 1.11. The van der Waals surface area contributed by atoms with Crippen LogP contribution in [0.4, 0.5) is 4.39 Å². The molecule has 0 aliphatic heterocycles. The molecule has 0 bridgehead atoms. The summed E-state index contributed by atoms with van der Waals surface area (Å²) in [6.45, 7) is 4.95. The van der Waals surface area contributed by atoms with Gasteiger partial charge in [-0.25, -0.2) is 0 Å². The molecule has 0 saturated carbocycles. The zero-order chi connectivity index (χ0) is 7.11. The van der Waals surface area contributed by atoms with Crippen LogP contribution in [0.5, 0.6) is 0 Å². The van der Waals surface area contributed by atoms with Crippen LogP contribution in [-0.4, -0.2) is 19.3 Å². The predicted octanol–water partition coefficient (Wildman–Crippen LogP) is 1.73. The maximum Gasteiger partial charge on any atom is 0.0894 e. The summed E-state index contributed by atoms with van der Waals surface area (Å²) in [7, 11) is 0. The van der Waals surface area contributed by atoms with E-state index in [1.807, 2.05) is 0 Å². The van der Waals surface area contributed by atoms with Crippen molar-refractivity contribution in [2.45, 2.75) is 32.7 Å². The molecule has 0 atom stereocenters. The van der Waals surface area contributed by atoms with Crippen molar-refractivity contribution in [1.82, 2.24) is 5.32 Å². The van der Waals surface area contributed by atoms with Crippen LogP contribution in [0.25, 0.3) is 0 Å². The average Bonchev–Trinajstić information content (AvgIpc) is 1.80. The summed E-state index contributed by atoms with van der Waals surface area (Å²) in [4.78, 5) is 0. The zero-order valence-corrected chi connectivity index (χ0v) is 6.28. The average molecular weight is 133 g/mol. The normalized spacial score (nSPS) is 10.7. The highest BCUT2D eigenvalue weighted by Gasteiger charge is 1.90. The SMILES string of the molecule is CC(C)NCCCCF. The minimum absolute atomic E-state index is 0.181. The van der Waals surface area contributed by atoms with Crippen molar-refractivity contribution in [3.8, 4) is 0 Å². The van der Waals surface area contributed by atoms with E-state index in [0.29, 0.717) is 12.5 Å². The first kappa shape index (κ1) is 8.89. The van der Waals surface area contributed by atoms with E-state index in [-0.39, 0.29) is 6.67 Å². The van der Waals surface area contributed by atoms with E-state index in [4.69, 9.17) is 0 Å². The Balaban J connectivity index is 2.75. The van der Waals surface area contributed by atoms with Gasteiger partial charge in [0.1, 0.15) is 0 Å². The lowest BCUT2D eigenvalue weighted by molar-refractivity contribution is 0.448. The molecule has 9 heavy (non-hydrogen) atoms. The number of alkyl halides is 1. The third-order valence-electron chi connectivity index (χ3n) is 1.11. The van der Waals surface area contributed by atoms with Crippen LogP contribution < -0.4 is 5.32 Å². The lowest BCUT2D eigenvalue weighted by Crippen LogP contribution is -2.23. The fourth-order valence-corrected chi connectivity index (χ4v) is 0.610. The van der Waals surface area contributed by atoms with E-state index in [9.17, 15) is 4.39 Å². The van der Waals surface area contributed by atoms with Crippen LogP contribution in [0.2, 0.25) is 0 Å². The minimum atomic E-state index is -0.181. The molecule has 56 valence electrons. The van der Waals surface area contributed by atoms with Gasteiger partial charge >= 0.3 is 0 Å². The monoisotopic (exact) mass is 133 g/mol. The van der Waals surface area contributed by atoms with Gasteiger partial charge in [-0.05, 0) is 19.4 Å². The number of unbranched alkanes of at least 4 members (excludes halogenated alkanes) is 1. The molecule has 0 rings (SSSR count). The van der Waals surface area contributed by atoms with Gasteiger partial charge in [-0.3, -0.25) is 4.39 Å². The summed E-state index contributed by atoms with van der Waals surface area (Å²) in [5.41, 5.74) is 0. The lowest BCUT2D eigenvalue weighted by Gasteiger charge is -2.05. The molecule has 0 saturated heterocycles. The highest BCUT2D eigenvalue weighted by molar-refractivity contribution is 4.51. The summed E-state index contributed by atoms with van der Waals surface area (Å²) in [6.07, 6.45) is 1.65. The molecule has 0 aromatic heterocycles. The Bertz CT molecular complexity index is 54.9. The topological polar surface area (TPSA) is 12.0 Å². The molecule has 1 nitrogen and oxygen atoms in total. The van der Waals surface area contributed by atoms with Crippen LogP contribution >= 0.6 is 0 Å². The second-order valence-electron chi connectivity index (χ2n) is 2.50. The van der Waals surface area contributed by atoms with E-state index >= 15 is 0 Å². The molecule has 1 N–H and O–H groups in total. The number of rotatable bonds is 5. The van der Waals surface area contributed by atoms with Crippen LogP contribution in [0.15, 0.2) is 0 Å². The Labute approximate surface area is 56.6 Å². The molecule has 0 aromatic rings. The highest BCUT2D eigenvalue weighted by atomic mass is 19.1. The van der Waals surface area contributed by atoms with Crippen LogP contribution in [0.3, 0.4) is 0 Å². The zero-order valence-electron chi connectivity index (χ0n) is 6.28. The second-order valence-corrected chi connectivity index (χ2v) is 2.50. The van der Waals surface area contributed by atoms with Gasteiger partial charge in [0.2, 0.25) is 0 Å². The third kappa shape index (κ3) is 7.89. The molecule has 0 fully saturated rings. The minimum Gasteiger partial charge on any atom is -0.315 e. The molecule has 0 spiro atoms. The number of hydrogen-bond acceptors (Lipinski definition) is 1. The quantitative estimate of drug-likeness (QED) is 0.563. The molecule has 2 heteroatoms. The molecule has 0 amide bonds. The highest BCUT2D eigenvalue weighted by Crippen LogP contribution is 1.87. The standard InChI is InChI=1S/C7H16FN/c1-7(2)9-6-4-3-5-8/h7,9H,3-6H2,1-2H3. The molecule has 0 heterocycles. The molecular formula is C7H16FN. The van der Waals surface area contributed by atoms with Gasteiger partial charge < -0.3 is 5.32 Å². The smallest absolute Gasteiger partial charge is 0.0894 e. The van der Waals surface area contributed by atoms with Crippen molar-refractivity contribution in [2.24, 2.45) is 0 Å². The Kier molecular flexibility index (Phi) is 5.94. The van der Waals surface area contributed by atoms with Gasteiger partial charge in [0.25, 0.3) is 0 Å². The first-order chi connectivity index (χ1) is 4.27. The summed E-state index contributed by atoms with van der Waals surface area (Å²) in [5.74, 6) is 0. The number of halogens is 1. The molecule has 0 unspecified atom stereocenters. The van der Waals surface area contributed by atoms with Crippen molar-refractivity contribution in [1.29, 1.82) is 0 Å². The molecule has 0 aliphatic rings. The lowest BCUT2D eigenvalue weighted by atomic mass is 10.3.